The number of carbonyl (C=O) groups is 1. The Morgan fingerprint density at radius 2 is 1.64 bits per heavy atom. The number of thioether (sulfide) groups is 1. The van der Waals surface area contributed by atoms with Gasteiger partial charge in [-0.15, -0.1) is 11.8 Å². The van der Waals surface area contributed by atoms with E-state index in [9.17, 15) is 4.79 Å². The van der Waals surface area contributed by atoms with E-state index < -0.39 is 5.41 Å². The van der Waals surface area contributed by atoms with Gasteiger partial charge >= 0.3 is 0 Å². The van der Waals surface area contributed by atoms with E-state index >= 15 is 0 Å². The van der Waals surface area contributed by atoms with Crippen molar-refractivity contribution in [3.63, 3.8) is 0 Å². The van der Waals surface area contributed by atoms with Gasteiger partial charge in [-0.2, -0.15) is 0 Å². The summed E-state index contributed by atoms with van der Waals surface area (Å²) in [5, 5.41) is 3.04. The number of nitrogens with one attached hydrogen (secondary N) is 1. The van der Waals surface area contributed by atoms with Crippen LogP contribution in [0.4, 0.5) is 0 Å². The zero-order chi connectivity index (χ0) is 16.2. The molecule has 1 N–H and O–H groups in total. The van der Waals surface area contributed by atoms with Crippen LogP contribution in [0.2, 0.25) is 0 Å². The lowest BCUT2D eigenvalue weighted by Gasteiger charge is -2.24. The molecule has 0 aliphatic heterocycles. The molecule has 3 heteroatoms. The highest BCUT2D eigenvalue weighted by atomic mass is 32.2. The summed E-state index contributed by atoms with van der Waals surface area (Å²) in [4.78, 5) is 13.8. The van der Waals surface area contributed by atoms with Crippen molar-refractivity contribution in [3.8, 4) is 0 Å². The molecule has 0 aromatic heterocycles. The summed E-state index contributed by atoms with van der Waals surface area (Å²) < 4.78 is 0. The molecule has 0 atom stereocenters. The molecule has 2 aromatic carbocycles. The minimum atomic E-state index is -0.535. The molecule has 0 fully saturated rings. The van der Waals surface area contributed by atoms with E-state index in [1.807, 2.05) is 38.1 Å². The molecular weight excluding hydrogens is 290 g/mol. The fraction of sp³-hybridized carbons (Fsp3) is 0.316. The third-order valence-electron chi connectivity index (χ3n) is 3.95. The van der Waals surface area contributed by atoms with Gasteiger partial charge in [-0.25, -0.2) is 0 Å². The van der Waals surface area contributed by atoms with Crippen molar-refractivity contribution in [2.24, 2.45) is 0 Å². The maximum atomic E-state index is 12.5. The molecule has 116 valence electrons. The van der Waals surface area contributed by atoms with Crippen LogP contribution in [0.3, 0.4) is 0 Å². The Morgan fingerprint density at radius 3 is 2.18 bits per heavy atom. The lowest BCUT2D eigenvalue weighted by molar-refractivity contribution is -0.125. The smallest absolute Gasteiger partial charge is 0.230 e. The number of rotatable bonds is 5. The zero-order valence-corrected chi connectivity index (χ0v) is 14.5. The summed E-state index contributed by atoms with van der Waals surface area (Å²) in [6.45, 7) is 6.53. The number of hydrogen-bond donors (Lipinski definition) is 1. The van der Waals surface area contributed by atoms with Crippen molar-refractivity contribution in [2.45, 2.75) is 37.6 Å². The highest BCUT2D eigenvalue weighted by Gasteiger charge is 2.29. The molecule has 2 aromatic rings. The Morgan fingerprint density at radius 1 is 1.05 bits per heavy atom. The van der Waals surface area contributed by atoms with E-state index in [0.717, 1.165) is 11.1 Å². The normalized spacial score (nSPS) is 11.3. The summed E-state index contributed by atoms with van der Waals surface area (Å²) in [6.07, 6.45) is 2.06. The third kappa shape index (κ3) is 3.92. The summed E-state index contributed by atoms with van der Waals surface area (Å²) in [5.74, 6) is 0.0466. The maximum Gasteiger partial charge on any atom is 0.230 e. The largest absolute Gasteiger partial charge is 0.351 e. The van der Waals surface area contributed by atoms with Crippen LogP contribution < -0.4 is 5.32 Å². The van der Waals surface area contributed by atoms with E-state index in [0.29, 0.717) is 6.54 Å². The number of benzene rings is 2. The molecular formula is C19H23NOS. The van der Waals surface area contributed by atoms with Gasteiger partial charge in [0.05, 0.1) is 5.41 Å². The molecule has 0 aliphatic carbocycles. The second kappa shape index (κ2) is 7.01. The lowest BCUT2D eigenvalue weighted by atomic mass is 9.83. The first-order valence-corrected chi connectivity index (χ1v) is 8.64. The van der Waals surface area contributed by atoms with E-state index in [1.165, 1.54) is 10.5 Å². The van der Waals surface area contributed by atoms with Crippen LogP contribution in [-0.2, 0) is 16.8 Å². The second-order valence-electron chi connectivity index (χ2n) is 6.02. The van der Waals surface area contributed by atoms with Crippen molar-refractivity contribution in [3.05, 3.63) is 65.2 Å². The van der Waals surface area contributed by atoms with Gasteiger partial charge < -0.3 is 5.32 Å². The molecule has 2 rings (SSSR count). The minimum absolute atomic E-state index is 0.0466. The predicted octanol–water partition coefficient (Wildman–Crippen LogP) is 4.31. The first kappa shape index (κ1) is 16.6. The average molecular weight is 313 g/mol. The molecule has 0 bridgehead atoms. The maximum absolute atomic E-state index is 12.5. The van der Waals surface area contributed by atoms with Gasteiger partial charge in [0.1, 0.15) is 0 Å². The van der Waals surface area contributed by atoms with E-state index in [2.05, 4.69) is 42.8 Å². The Kier molecular flexibility index (Phi) is 5.30. The quantitative estimate of drug-likeness (QED) is 0.833. The van der Waals surface area contributed by atoms with Crippen LogP contribution in [0.25, 0.3) is 0 Å². The molecule has 0 heterocycles. The van der Waals surface area contributed by atoms with Gasteiger partial charge in [0.2, 0.25) is 5.91 Å². The number of amides is 1. The van der Waals surface area contributed by atoms with Gasteiger partial charge in [-0.1, -0.05) is 42.0 Å². The first-order chi connectivity index (χ1) is 10.4. The van der Waals surface area contributed by atoms with E-state index in [-0.39, 0.29) is 5.91 Å². The van der Waals surface area contributed by atoms with Crippen molar-refractivity contribution in [2.75, 3.05) is 6.26 Å². The monoisotopic (exact) mass is 313 g/mol. The van der Waals surface area contributed by atoms with Crippen LogP contribution in [0.1, 0.15) is 30.5 Å². The summed E-state index contributed by atoms with van der Waals surface area (Å²) in [6, 6.07) is 16.4. The average Bonchev–Trinajstić information content (AvgIpc) is 2.53. The highest BCUT2D eigenvalue weighted by Crippen LogP contribution is 2.24. The standard InChI is InChI=1S/C19H23NOS/c1-14-5-9-16(10-6-14)19(2,3)18(21)20-13-15-7-11-17(22-4)12-8-15/h5-12H,13H2,1-4H3,(H,20,21). The molecule has 2 nitrogen and oxygen atoms in total. The number of aryl methyl sites for hydroxylation is 1. The van der Waals surface area contributed by atoms with Crippen molar-refractivity contribution < 1.29 is 4.79 Å². The Hall–Kier alpha value is -1.74. The molecule has 1 amide bonds. The minimum Gasteiger partial charge on any atom is -0.351 e. The molecule has 0 unspecified atom stereocenters. The molecule has 22 heavy (non-hydrogen) atoms. The molecule has 0 spiro atoms. The van der Waals surface area contributed by atoms with Gasteiger partial charge in [-0.05, 0) is 50.3 Å². The molecule has 0 aliphatic rings. The highest BCUT2D eigenvalue weighted by molar-refractivity contribution is 7.98. The summed E-state index contributed by atoms with van der Waals surface area (Å²) in [5.41, 5.74) is 2.82. The van der Waals surface area contributed by atoms with Gasteiger partial charge in [0.25, 0.3) is 0 Å². The predicted molar refractivity (Wildman–Crippen MR) is 94.3 cm³/mol. The zero-order valence-electron chi connectivity index (χ0n) is 13.6. The van der Waals surface area contributed by atoms with E-state index in [4.69, 9.17) is 0 Å². The lowest BCUT2D eigenvalue weighted by Crippen LogP contribution is -2.39. The summed E-state index contributed by atoms with van der Waals surface area (Å²) >= 11 is 1.72. The second-order valence-corrected chi connectivity index (χ2v) is 6.90. The molecule has 0 saturated carbocycles. The fourth-order valence-corrected chi connectivity index (χ4v) is 2.66. The fourth-order valence-electron chi connectivity index (χ4n) is 2.25. The van der Waals surface area contributed by atoms with E-state index in [1.54, 1.807) is 11.8 Å². The van der Waals surface area contributed by atoms with Gasteiger partial charge in [-0.3, -0.25) is 4.79 Å². The van der Waals surface area contributed by atoms with Gasteiger partial charge in [0, 0.05) is 11.4 Å². The van der Waals surface area contributed by atoms with Crippen LogP contribution in [0.5, 0.6) is 0 Å². The third-order valence-corrected chi connectivity index (χ3v) is 4.70. The van der Waals surface area contributed by atoms with Gasteiger partial charge in [0.15, 0.2) is 0 Å². The number of carbonyl (C=O) groups excluding carboxylic acids is 1. The van der Waals surface area contributed by atoms with Crippen molar-refractivity contribution >= 4 is 17.7 Å². The molecule has 0 radical (unpaired) electrons. The number of hydrogen-bond acceptors (Lipinski definition) is 2. The summed E-state index contributed by atoms with van der Waals surface area (Å²) in [7, 11) is 0. The Balaban J connectivity index is 2.02. The molecule has 0 saturated heterocycles. The van der Waals surface area contributed by atoms with Crippen LogP contribution in [0, 0.1) is 6.92 Å². The van der Waals surface area contributed by atoms with Crippen molar-refractivity contribution in [1.82, 2.24) is 5.32 Å². The van der Waals surface area contributed by atoms with Crippen LogP contribution in [-0.4, -0.2) is 12.2 Å². The Bertz CT molecular complexity index is 629. The first-order valence-electron chi connectivity index (χ1n) is 7.42. The Labute approximate surface area is 137 Å². The topological polar surface area (TPSA) is 29.1 Å². The van der Waals surface area contributed by atoms with Crippen LogP contribution in [0.15, 0.2) is 53.4 Å². The van der Waals surface area contributed by atoms with Crippen molar-refractivity contribution in [1.29, 1.82) is 0 Å². The SMILES string of the molecule is CSc1ccc(CNC(=O)C(C)(C)c2ccc(C)cc2)cc1. The van der Waals surface area contributed by atoms with Crippen LogP contribution >= 0.6 is 11.8 Å².